The van der Waals surface area contributed by atoms with E-state index in [-0.39, 0.29) is 27.8 Å². The molecule has 1 unspecified atom stereocenters. The second-order valence-electron chi connectivity index (χ2n) is 6.49. The summed E-state index contributed by atoms with van der Waals surface area (Å²) < 4.78 is 38.9. The van der Waals surface area contributed by atoms with Gasteiger partial charge < -0.3 is 10.3 Å². The van der Waals surface area contributed by atoms with Crippen molar-refractivity contribution in [2.24, 2.45) is 0 Å². The minimum atomic E-state index is -4.71. The van der Waals surface area contributed by atoms with Crippen LogP contribution in [0, 0.1) is 0 Å². The third-order valence-electron chi connectivity index (χ3n) is 4.12. The Morgan fingerprint density at radius 3 is 2.62 bits per heavy atom. The lowest BCUT2D eigenvalue weighted by Gasteiger charge is -2.10. The van der Waals surface area contributed by atoms with Crippen molar-refractivity contribution in [2.75, 3.05) is 5.32 Å². The van der Waals surface area contributed by atoms with Gasteiger partial charge in [-0.1, -0.05) is 30.1 Å². The van der Waals surface area contributed by atoms with E-state index < -0.39 is 39.9 Å². The van der Waals surface area contributed by atoms with Crippen molar-refractivity contribution in [3.8, 4) is 0 Å². The molecule has 168 valence electrons. The Morgan fingerprint density at radius 2 is 1.94 bits per heavy atom. The number of rotatable bonds is 6. The summed E-state index contributed by atoms with van der Waals surface area (Å²) in [6, 6.07) is 0.627. The molecular weight excluding hydrogens is 494 g/mol. The zero-order valence-electron chi connectivity index (χ0n) is 16.0. The molecule has 0 fully saturated rings. The molecule has 0 aromatic carbocycles. The third kappa shape index (κ3) is 5.31. The highest BCUT2D eigenvalue weighted by atomic mass is 35.5. The molecule has 8 nitrogen and oxygen atoms in total. The molecular formula is C18H12Cl2F3N5O3S. The molecule has 0 aliphatic carbocycles. The molecule has 3 rings (SSSR count). The van der Waals surface area contributed by atoms with Gasteiger partial charge in [-0.15, -0.1) is 11.3 Å². The molecule has 3 heterocycles. The molecule has 32 heavy (non-hydrogen) atoms. The summed E-state index contributed by atoms with van der Waals surface area (Å²) in [5.41, 5.74) is -1.95. The van der Waals surface area contributed by atoms with E-state index in [4.69, 9.17) is 23.2 Å². The van der Waals surface area contributed by atoms with Gasteiger partial charge in [-0.25, -0.2) is 15.0 Å². The number of H-pyrrole nitrogens is 1. The number of amides is 1. The monoisotopic (exact) mass is 505 g/mol. The van der Waals surface area contributed by atoms with Gasteiger partial charge in [0.25, 0.3) is 11.5 Å². The molecule has 3 aromatic heterocycles. The van der Waals surface area contributed by atoms with Crippen LogP contribution in [-0.2, 0) is 6.18 Å². The number of aromatic nitrogens is 4. The van der Waals surface area contributed by atoms with Gasteiger partial charge >= 0.3 is 6.18 Å². The summed E-state index contributed by atoms with van der Waals surface area (Å²) in [6.45, 7) is 1.68. The minimum Gasteiger partial charge on any atom is -0.312 e. The Labute approximate surface area is 191 Å². The van der Waals surface area contributed by atoms with Gasteiger partial charge in [0.2, 0.25) is 0 Å². The number of nitrogens with one attached hydrogen (secondary N) is 2. The Balaban J connectivity index is 1.71. The summed E-state index contributed by atoms with van der Waals surface area (Å²) in [4.78, 5) is 50.2. The van der Waals surface area contributed by atoms with Crippen molar-refractivity contribution in [1.82, 2.24) is 19.9 Å². The maximum Gasteiger partial charge on any atom is 0.418 e. The van der Waals surface area contributed by atoms with E-state index in [0.29, 0.717) is 11.1 Å². The summed E-state index contributed by atoms with van der Waals surface area (Å²) in [5.74, 6) is -1.99. The summed E-state index contributed by atoms with van der Waals surface area (Å²) >= 11 is 12.3. The highest BCUT2D eigenvalue weighted by molar-refractivity contribution is 7.13. The Hall–Kier alpha value is -2.83. The zero-order valence-corrected chi connectivity index (χ0v) is 18.3. The highest BCUT2D eigenvalue weighted by Gasteiger charge is 2.34. The topological polar surface area (TPSA) is 118 Å². The Bertz CT molecular complexity index is 1250. The molecule has 0 bridgehead atoms. The van der Waals surface area contributed by atoms with Crippen LogP contribution in [0.1, 0.15) is 50.0 Å². The normalized spacial score (nSPS) is 12.4. The maximum atomic E-state index is 13.0. The lowest BCUT2D eigenvalue weighted by atomic mass is 10.0. The van der Waals surface area contributed by atoms with Gasteiger partial charge in [-0.2, -0.15) is 13.2 Å². The predicted molar refractivity (Wildman–Crippen MR) is 112 cm³/mol. The molecule has 0 aliphatic rings. The largest absolute Gasteiger partial charge is 0.418 e. The number of ketones is 1. The minimum absolute atomic E-state index is 0.0849. The van der Waals surface area contributed by atoms with Crippen LogP contribution in [0.25, 0.3) is 0 Å². The highest BCUT2D eigenvalue weighted by Crippen LogP contribution is 2.35. The fourth-order valence-electron chi connectivity index (χ4n) is 2.56. The van der Waals surface area contributed by atoms with Crippen LogP contribution in [0.4, 0.5) is 19.0 Å². The molecule has 3 aromatic rings. The first kappa shape index (κ1) is 23.8. The number of carbonyl (C=O) groups excluding carboxylic acids is 2. The fourth-order valence-corrected chi connectivity index (χ4v) is 3.85. The maximum absolute atomic E-state index is 13.0. The number of pyridine rings is 1. The van der Waals surface area contributed by atoms with Crippen LogP contribution in [0.5, 0.6) is 0 Å². The molecule has 2 N–H and O–H groups in total. The molecule has 14 heteroatoms. The number of nitrogens with zero attached hydrogens (tertiary/aromatic N) is 3. The van der Waals surface area contributed by atoms with Crippen molar-refractivity contribution < 1.29 is 22.8 Å². The van der Waals surface area contributed by atoms with Crippen molar-refractivity contribution in [3.05, 3.63) is 66.3 Å². The standard InChI is InChI=1S/C18H12Cl2F3N5O3S/c1-7(2-10(29)14-13(20)16(31)27-6-26-14)17-25-5-11(32-17)15(30)28-12-3-8(18(21,22)23)9(19)4-24-12/h3-7H,2H2,1H3,(H,24,28,30)(H,26,27,31). The van der Waals surface area contributed by atoms with Gasteiger partial charge in [-0.05, 0) is 6.07 Å². The van der Waals surface area contributed by atoms with Gasteiger partial charge in [0.05, 0.1) is 28.1 Å². The number of alkyl halides is 3. The SMILES string of the molecule is CC(CC(=O)c1nc[nH]c(=O)c1Cl)c1ncc(C(=O)Nc2cc(C(F)(F)F)c(Cl)cn2)s1. The Kier molecular flexibility index (Phi) is 6.96. The van der Waals surface area contributed by atoms with Crippen molar-refractivity contribution in [1.29, 1.82) is 0 Å². The van der Waals surface area contributed by atoms with Crippen LogP contribution in [0.2, 0.25) is 10.0 Å². The number of carbonyl (C=O) groups is 2. The molecule has 0 radical (unpaired) electrons. The number of anilines is 1. The van der Waals surface area contributed by atoms with Crippen molar-refractivity contribution in [3.63, 3.8) is 0 Å². The fraction of sp³-hybridized carbons (Fsp3) is 0.222. The number of hydrogen-bond acceptors (Lipinski definition) is 7. The van der Waals surface area contributed by atoms with E-state index >= 15 is 0 Å². The molecule has 1 atom stereocenters. The smallest absolute Gasteiger partial charge is 0.312 e. The molecule has 0 aliphatic heterocycles. The summed E-state index contributed by atoms with van der Waals surface area (Å²) in [6.07, 6.45) is -1.71. The summed E-state index contributed by atoms with van der Waals surface area (Å²) in [5, 5.41) is 1.77. The number of hydrogen-bond donors (Lipinski definition) is 2. The lowest BCUT2D eigenvalue weighted by molar-refractivity contribution is -0.137. The van der Waals surface area contributed by atoms with E-state index in [9.17, 15) is 27.6 Å². The number of aromatic amines is 1. The van der Waals surface area contributed by atoms with Gasteiger partial charge in [0, 0.05) is 18.5 Å². The van der Waals surface area contributed by atoms with Gasteiger partial charge in [0.15, 0.2) is 5.78 Å². The van der Waals surface area contributed by atoms with Crippen molar-refractivity contribution in [2.45, 2.75) is 25.4 Å². The second kappa shape index (κ2) is 9.35. The van der Waals surface area contributed by atoms with E-state index in [1.807, 2.05) is 0 Å². The molecule has 0 spiro atoms. The van der Waals surface area contributed by atoms with E-state index in [0.717, 1.165) is 23.9 Å². The first-order valence-corrected chi connectivity index (χ1v) is 10.3. The lowest BCUT2D eigenvalue weighted by Crippen LogP contribution is -2.15. The van der Waals surface area contributed by atoms with Gasteiger partial charge in [0.1, 0.15) is 21.4 Å². The first-order valence-electron chi connectivity index (χ1n) is 8.73. The van der Waals surface area contributed by atoms with Crippen LogP contribution >= 0.6 is 34.5 Å². The first-order chi connectivity index (χ1) is 15.0. The van der Waals surface area contributed by atoms with Crippen LogP contribution in [0.15, 0.2) is 29.6 Å². The van der Waals surface area contributed by atoms with Crippen LogP contribution in [-0.4, -0.2) is 31.6 Å². The average Bonchev–Trinajstić information content (AvgIpc) is 3.21. The van der Waals surface area contributed by atoms with E-state index in [1.54, 1.807) is 6.92 Å². The second-order valence-corrected chi connectivity index (χ2v) is 8.33. The third-order valence-corrected chi connectivity index (χ3v) is 6.00. The van der Waals surface area contributed by atoms with Crippen molar-refractivity contribution >= 4 is 52.0 Å². The average molecular weight is 506 g/mol. The van der Waals surface area contributed by atoms with Crippen LogP contribution < -0.4 is 10.9 Å². The quantitative estimate of drug-likeness (QED) is 0.473. The van der Waals surface area contributed by atoms with Gasteiger partial charge in [-0.3, -0.25) is 14.4 Å². The van der Waals surface area contributed by atoms with E-state index in [2.05, 4.69) is 25.3 Å². The molecule has 0 saturated carbocycles. The van der Waals surface area contributed by atoms with E-state index in [1.165, 1.54) is 6.20 Å². The van der Waals surface area contributed by atoms with Crippen LogP contribution in [0.3, 0.4) is 0 Å². The predicted octanol–water partition coefficient (Wildman–Crippen LogP) is 4.58. The number of thiazole rings is 1. The molecule has 1 amide bonds. The Morgan fingerprint density at radius 1 is 1.22 bits per heavy atom. The number of halogens is 5. The number of Topliss-reactive ketones (excluding diaryl/α,β-unsaturated/α-hetero) is 1. The molecule has 0 saturated heterocycles. The zero-order chi connectivity index (χ0) is 23.6. The summed E-state index contributed by atoms with van der Waals surface area (Å²) in [7, 11) is 0.